The zero-order valence-corrected chi connectivity index (χ0v) is 5.36. The van der Waals surface area contributed by atoms with E-state index in [0.29, 0.717) is 0 Å². The Morgan fingerprint density at radius 2 is 2.75 bits per heavy atom. The highest BCUT2D eigenvalue weighted by Crippen LogP contribution is 2.02. The van der Waals surface area contributed by atoms with Gasteiger partial charge < -0.3 is 4.99 Å². The second-order valence-electron chi connectivity index (χ2n) is 1.40. The van der Waals surface area contributed by atoms with Gasteiger partial charge in [-0.2, -0.15) is 0 Å². The van der Waals surface area contributed by atoms with Gasteiger partial charge in [-0.3, -0.25) is 4.21 Å². The van der Waals surface area contributed by atoms with Crippen LogP contribution in [0.5, 0.6) is 0 Å². The number of aliphatic imine (C=N–C) groups is 1. The Balaban J connectivity index is 2.73. The Kier molecular flexibility index (Phi) is 1.58. The monoisotopic (exact) mass is 128 g/mol. The van der Waals surface area contributed by atoms with Gasteiger partial charge in [-0.15, -0.1) is 6.20 Å². The Labute approximate surface area is 50.8 Å². The van der Waals surface area contributed by atoms with Crippen LogP contribution in [-0.2, 0) is 10.8 Å². The molecule has 8 heavy (non-hydrogen) atoms. The first-order valence-corrected chi connectivity index (χ1v) is 3.62. The van der Waals surface area contributed by atoms with Crippen LogP contribution in [0.1, 0.15) is 13.3 Å². The first kappa shape index (κ1) is 5.69. The van der Waals surface area contributed by atoms with Crippen molar-refractivity contribution in [3.8, 4) is 0 Å². The molecule has 1 heterocycles. The topological polar surface area (TPSA) is 29.4 Å². The van der Waals surface area contributed by atoms with Gasteiger partial charge in [0.05, 0.1) is 0 Å². The predicted octanol–water partition coefficient (Wildman–Crippen LogP) is 0.832. The highest BCUT2D eigenvalue weighted by molar-refractivity contribution is 8.03. The standard InChI is InChI=1S/C5H6NOS/c1-2-5-6-3-4-8(5)7/h4H,2H2,1H3/q-1. The van der Waals surface area contributed by atoms with Crippen molar-refractivity contribution in [3.63, 3.8) is 0 Å². The van der Waals surface area contributed by atoms with Crippen LogP contribution < -0.4 is 0 Å². The molecule has 0 saturated heterocycles. The van der Waals surface area contributed by atoms with Crippen molar-refractivity contribution in [3.05, 3.63) is 11.6 Å². The van der Waals surface area contributed by atoms with E-state index in [1.165, 1.54) is 5.41 Å². The van der Waals surface area contributed by atoms with Crippen LogP contribution in [0.2, 0.25) is 0 Å². The van der Waals surface area contributed by atoms with Crippen LogP contribution in [-0.4, -0.2) is 9.25 Å². The largest absolute Gasteiger partial charge is 0.447 e. The van der Waals surface area contributed by atoms with Crippen LogP contribution >= 0.6 is 0 Å². The van der Waals surface area contributed by atoms with Crippen LogP contribution in [0.15, 0.2) is 10.4 Å². The molecule has 1 aliphatic rings. The van der Waals surface area contributed by atoms with Gasteiger partial charge >= 0.3 is 0 Å². The van der Waals surface area contributed by atoms with Crippen molar-refractivity contribution in [2.75, 3.05) is 0 Å². The van der Waals surface area contributed by atoms with Crippen LogP contribution in [0.4, 0.5) is 0 Å². The molecule has 0 spiro atoms. The summed E-state index contributed by atoms with van der Waals surface area (Å²) >= 11 is 0. The van der Waals surface area contributed by atoms with Crippen LogP contribution in [0.25, 0.3) is 0 Å². The molecule has 0 amide bonds. The molecule has 0 bridgehead atoms. The third-order valence-corrected chi connectivity index (χ3v) is 2.05. The summed E-state index contributed by atoms with van der Waals surface area (Å²) in [6, 6.07) is 0. The molecule has 2 nitrogen and oxygen atoms in total. The number of nitrogens with zero attached hydrogens (tertiary/aromatic N) is 1. The number of hydrogen-bond donors (Lipinski definition) is 0. The van der Waals surface area contributed by atoms with Gasteiger partial charge in [0.25, 0.3) is 0 Å². The second kappa shape index (κ2) is 2.22. The Morgan fingerprint density at radius 1 is 2.00 bits per heavy atom. The lowest BCUT2D eigenvalue weighted by Gasteiger charge is -1.98. The molecule has 0 aromatic heterocycles. The summed E-state index contributed by atoms with van der Waals surface area (Å²) in [6.45, 7) is 1.93. The molecule has 44 valence electrons. The van der Waals surface area contributed by atoms with Crippen molar-refractivity contribution in [2.45, 2.75) is 13.3 Å². The number of hydrogen-bond acceptors (Lipinski definition) is 2. The average Bonchev–Trinajstić information content (AvgIpc) is 2.14. The number of rotatable bonds is 1. The smallest absolute Gasteiger partial charge is 0.00965 e. The lowest BCUT2D eigenvalue weighted by molar-refractivity contribution is 0.694. The minimum Gasteiger partial charge on any atom is -0.447 e. The summed E-state index contributed by atoms with van der Waals surface area (Å²) in [5.41, 5.74) is 0. The first-order valence-electron chi connectivity index (χ1n) is 2.40. The maximum Gasteiger partial charge on any atom is -0.00965 e. The van der Waals surface area contributed by atoms with Crippen molar-refractivity contribution in [1.82, 2.24) is 0 Å². The Bertz CT molecular complexity index is 171. The van der Waals surface area contributed by atoms with E-state index in [1.807, 2.05) is 6.92 Å². The molecule has 1 aliphatic heterocycles. The van der Waals surface area contributed by atoms with Crippen molar-refractivity contribution >= 4 is 15.8 Å². The third kappa shape index (κ3) is 0.865. The molecular formula is C5H6NOS-. The molecule has 0 aromatic rings. The minimum absolute atomic E-state index is 0.727. The zero-order chi connectivity index (χ0) is 5.98. The maximum atomic E-state index is 10.7. The molecule has 0 saturated carbocycles. The van der Waals surface area contributed by atoms with Gasteiger partial charge in [0.2, 0.25) is 0 Å². The SMILES string of the molecule is CCC1=N[C-]=CS1=O. The summed E-state index contributed by atoms with van der Waals surface area (Å²) in [5, 5.41) is 2.20. The van der Waals surface area contributed by atoms with E-state index in [0.717, 1.165) is 11.5 Å². The quantitative estimate of drug-likeness (QED) is 0.481. The highest BCUT2D eigenvalue weighted by atomic mass is 32.2. The summed E-state index contributed by atoms with van der Waals surface area (Å²) in [7, 11) is -0.947. The average molecular weight is 128 g/mol. The molecule has 1 atom stereocenters. The normalized spacial score (nSPS) is 26.1. The highest BCUT2D eigenvalue weighted by Gasteiger charge is 1.93. The van der Waals surface area contributed by atoms with E-state index in [2.05, 4.69) is 11.2 Å². The van der Waals surface area contributed by atoms with E-state index in [-0.39, 0.29) is 0 Å². The summed E-state index contributed by atoms with van der Waals surface area (Å²) < 4.78 is 10.7. The second-order valence-corrected chi connectivity index (χ2v) is 2.71. The fourth-order valence-corrected chi connectivity index (χ4v) is 1.19. The zero-order valence-electron chi connectivity index (χ0n) is 4.55. The van der Waals surface area contributed by atoms with Crippen molar-refractivity contribution in [1.29, 1.82) is 0 Å². The molecule has 0 aliphatic carbocycles. The van der Waals surface area contributed by atoms with E-state index in [1.54, 1.807) is 0 Å². The van der Waals surface area contributed by atoms with Gasteiger partial charge in [0.1, 0.15) is 0 Å². The Morgan fingerprint density at radius 3 is 3.00 bits per heavy atom. The van der Waals surface area contributed by atoms with Crippen molar-refractivity contribution in [2.24, 2.45) is 4.99 Å². The first-order chi connectivity index (χ1) is 3.84. The molecular weight excluding hydrogens is 122 g/mol. The summed E-state index contributed by atoms with van der Waals surface area (Å²) in [4.78, 5) is 3.75. The van der Waals surface area contributed by atoms with Crippen LogP contribution in [0.3, 0.4) is 0 Å². The van der Waals surface area contributed by atoms with E-state index in [4.69, 9.17) is 0 Å². The van der Waals surface area contributed by atoms with Gasteiger partial charge in [0.15, 0.2) is 0 Å². The Hall–Kier alpha value is -0.440. The summed E-state index contributed by atoms with van der Waals surface area (Å²) in [5.74, 6) is 0. The van der Waals surface area contributed by atoms with E-state index >= 15 is 0 Å². The molecule has 0 fully saturated rings. The lowest BCUT2D eigenvalue weighted by atomic mass is 10.5. The van der Waals surface area contributed by atoms with Gasteiger partial charge in [-0.1, -0.05) is 18.8 Å². The molecule has 1 rings (SSSR count). The lowest BCUT2D eigenvalue weighted by Crippen LogP contribution is -1.97. The van der Waals surface area contributed by atoms with E-state index in [9.17, 15) is 4.21 Å². The molecule has 0 aromatic carbocycles. The summed E-state index contributed by atoms with van der Waals surface area (Å²) in [6.07, 6.45) is 3.30. The van der Waals surface area contributed by atoms with Gasteiger partial charge in [-0.05, 0) is 15.8 Å². The maximum absolute atomic E-state index is 10.7. The van der Waals surface area contributed by atoms with Gasteiger partial charge in [-0.25, -0.2) is 0 Å². The molecule has 0 radical (unpaired) electrons. The van der Waals surface area contributed by atoms with Gasteiger partial charge in [0, 0.05) is 0 Å². The van der Waals surface area contributed by atoms with Crippen molar-refractivity contribution < 1.29 is 4.21 Å². The third-order valence-electron chi connectivity index (χ3n) is 0.884. The molecule has 1 unspecified atom stereocenters. The van der Waals surface area contributed by atoms with Crippen LogP contribution in [0, 0.1) is 6.20 Å². The van der Waals surface area contributed by atoms with E-state index < -0.39 is 10.8 Å². The predicted molar refractivity (Wildman–Crippen MR) is 33.7 cm³/mol. The molecule has 3 heteroatoms. The minimum atomic E-state index is -0.947. The fraction of sp³-hybridized carbons (Fsp3) is 0.400. The fourth-order valence-electron chi connectivity index (χ4n) is 0.481. The molecule has 0 N–H and O–H groups in total.